The predicted octanol–water partition coefficient (Wildman–Crippen LogP) is 3.04. The molecule has 112 valence electrons. The van der Waals surface area contributed by atoms with E-state index >= 15 is 0 Å². The van der Waals surface area contributed by atoms with Crippen molar-refractivity contribution in [2.24, 2.45) is 0 Å². The van der Waals surface area contributed by atoms with Crippen molar-refractivity contribution >= 4 is 5.69 Å². The van der Waals surface area contributed by atoms with Gasteiger partial charge in [0, 0.05) is 18.8 Å². The van der Waals surface area contributed by atoms with E-state index in [9.17, 15) is 0 Å². The second-order valence-electron chi connectivity index (χ2n) is 5.40. The third-order valence-electron chi connectivity index (χ3n) is 3.88. The monoisotopic (exact) mass is 287 g/mol. The maximum absolute atomic E-state index is 5.49. The molecule has 1 aliphatic heterocycles. The van der Waals surface area contributed by atoms with E-state index < -0.39 is 0 Å². The molecule has 5 heteroatoms. The molecule has 0 saturated carbocycles. The molecule has 1 aromatic carbocycles. The van der Waals surface area contributed by atoms with Crippen LogP contribution in [-0.2, 0) is 17.7 Å². The molecule has 0 radical (unpaired) electrons. The largest absolute Gasteiger partial charge is 0.371 e. The molecule has 1 atom stereocenters. The van der Waals surface area contributed by atoms with Gasteiger partial charge in [-0.25, -0.2) is 0 Å². The van der Waals surface area contributed by atoms with Crippen molar-refractivity contribution in [3.8, 4) is 0 Å². The smallest absolute Gasteiger partial charge is 0.246 e. The van der Waals surface area contributed by atoms with Crippen molar-refractivity contribution in [1.29, 1.82) is 0 Å². The first-order chi connectivity index (χ1) is 10.2. The fraction of sp³-hybridized carbons (Fsp3) is 0.500. The fourth-order valence-corrected chi connectivity index (χ4v) is 2.88. The van der Waals surface area contributed by atoms with Crippen LogP contribution in [0.25, 0.3) is 0 Å². The normalized spacial score (nSPS) is 15.3. The van der Waals surface area contributed by atoms with Gasteiger partial charge >= 0.3 is 0 Å². The van der Waals surface area contributed by atoms with Crippen LogP contribution >= 0.6 is 0 Å². The lowest BCUT2D eigenvalue weighted by molar-refractivity contribution is 0.0683. The van der Waals surface area contributed by atoms with E-state index in [4.69, 9.17) is 9.26 Å². The number of hydrogen-bond acceptors (Lipinski definition) is 5. The minimum atomic E-state index is -0.125. The van der Waals surface area contributed by atoms with Crippen LogP contribution in [0.4, 0.5) is 5.69 Å². The molecule has 0 N–H and O–H groups in total. The van der Waals surface area contributed by atoms with Crippen LogP contribution in [-0.4, -0.2) is 23.3 Å². The lowest BCUT2D eigenvalue weighted by atomic mass is 10.1. The predicted molar refractivity (Wildman–Crippen MR) is 80.3 cm³/mol. The summed E-state index contributed by atoms with van der Waals surface area (Å²) in [4.78, 5) is 6.76. The van der Waals surface area contributed by atoms with E-state index in [0.29, 0.717) is 24.9 Å². The Labute approximate surface area is 124 Å². The maximum atomic E-state index is 5.49. The summed E-state index contributed by atoms with van der Waals surface area (Å²) < 4.78 is 10.9. The zero-order valence-electron chi connectivity index (χ0n) is 12.8. The van der Waals surface area contributed by atoms with Gasteiger partial charge in [-0.3, -0.25) is 0 Å². The summed E-state index contributed by atoms with van der Waals surface area (Å²) >= 11 is 0. The first-order valence-electron chi connectivity index (χ1n) is 7.46. The van der Waals surface area contributed by atoms with Gasteiger partial charge in [0.2, 0.25) is 5.89 Å². The molecule has 5 nitrogen and oxygen atoms in total. The highest BCUT2D eigenvalue weighted by molar-refractivity contribution is 5.62. The minimum absolute atomic E-state index is 0.125. The number of nitrogens with zero attached hydrogens (tertiary/aromatic N) is 3. The molecule has 21 heavy (non-hydrogen) atoms. The number of aromatic nitrogens is 2. The van der Waals surface area contributed by atoms with Crippen molar-refractivity contribution in [3.05, 3.63) is 41.0 Å². The van der Waals surface area contributed by atoms with E-state index in [0.717, 1.165) is 13.0 Å². The molecular formula is C16H21N3O2. The van der Waals surface area contributed by atoms with E-state index in [1.807, 2.05) is 13.8 Å². The Morgan fingerprint density at radius 3 is 3.10 bits per heavy atom. The maximum Gasteiger partial charge on any atom is 0.246 e. The highest BCUT2D eigenvalue weighted by Crippen LogP contribution is 2.32. The van der Waals surface area contributed by atoms with Crippen LogP contribution < -0.4 is 4.90 Å². The lowest BCUT2D eigenvalue weighted by Crippen LogP contribution is -2.20. The highest BCUT2D eigenvalue weighted by Gasteiger charge is 2.23. The van der Waals surface area contributed by atoms with E-state index in [-0.39, 0.29) is 6.10 Å². The summed E-state index contributed by atoms with van der Waals surface area (Å²) in [6, 6.07) is 6.46. The molecule has 0 aliphatic carbocycles. The molecule has 1 aromatic heterocycles. The van der Waals surface area contributed by atoms with Crippen molar-refractivity contribution in [1.82, 2.24) is 10.1 Å². The summed E-state index contributed by atoms with van der Waals surface area (Å²) in [6.45, 7) is 8.34. The van der Waals surface area contributed by atoms with Gasteiger partial charge in [0.1, 0.15) is 6.10 Å². The van der Waals surface area contributed by atoms with Crippen molar-refractivity contribution in [2.75, 3.05) is 18.1 Å². The fourth-order valence-electron chi connectivity index (χ4n) is 2.88. The van der Waals surface area contributed by atoms with Crippen LogP contribution in [0, 0.1) is 6.92 Å². The number of hydrogen-bond donors (Lipinski definition) is 0. The zero-order valence-corrected chi connectivity index (χ0v) is 12.8. The Kier molecular flexibility index (Phi) is 3.92. The Bertz CT molecular complexity index is 624. The van der Waals surface area contributed by atoms with Gasteiger partial charge in [-0.2, -0.15) is 4.98 Å². The summed E-state index contributed by atoms with van der Waals surface area (Å²) in [6.07, 6.45) is 0.952. The molecular weight excluding hydrogens is 266 g/mol. The number of fused-ring (bicyclic) bond motifs is 1. The second-order valence-corrected chi connectivity index (χ2v) is 5.40. The summed E-state index contributed by atoms with van der Waals surface area (Å²) in [5.41, 5.74) is 4.01. The van der Waals surface area contributed by atoms with Crippen LogP contribution in [0.1, 0.15) is 42.8 Å². The summed E-state index contributed by atoms with van der Waals surface area (Å²) in [5, 5.41) is 4.02. The third-order valence-corrected chi connectivity index (χ3v) is 3.88. The number of ether oxygens (including phenoxy) is 1. The van der Waals surface area contributed by atoms with Crippen LogP contribution in [0.2, 0.25) is 0 Å². The molecule has 2 aromatic rings. The average Bonchev–Trinajstić information content (AvgIpc) is 3.08. The molecule has 1 aliphatic rings. The van der Waals surface area contributed by atoms with Gasteiger partial charge < -0.3 is 14.2 Å². The number of para-hydroxylation sites is 1. The van der Waals surface area contributed by atoms with Crippen LogP contribution in [0.15, 0.2) is 22.7 Å². The van der Waals surface area contributed by atoms with Gasteiger partial charge in [0.25, 0.3) is 0 Å². The standard InChI is InChI=1S/C16H21N3O2/c1-4-20-12(3)16-17-14(21-18-16)10-19-9-8-13-7-5-6-11(2)15(13)19/h5-7,12H,4,8-10H2,1-3H3. The molecule has 0 bridgehead atoms. The Hall–Kier alpha value is -1.88. The second kappa shape index (κ2) is 5.85. The molecule has 0 saturated heterocycles. The molecule has 0 amide bonds. The van der Waals surface area contributed by atoms with Gasteiger partial charge in [-0.1, -0.05) is 23.4 Å². The molecule has 2 heterocycles. The number of anilines is 1. The molecule has 1 unspecified atom stereocenters. The van der Waals surface area contributed by atoms with Gasteiger partial charge in [-0.05, 0) is 38.3 Å². The van der Waals surface area contributed by atoms with Crippen molar-refractivity contribution in [3.63, 3.8) is 0 Å². The van der Waals surface area contributed by atoms with E-state index in [2.05, 4.69) is 40.2 Å². The first kappa shape index (κ1) is 14.1. The minimum Gasteiger partial charge on any atom is -0.371 e. The number of benzene rings is 1. The Morgan fingerprint density at radius 2 is 2.29 bits per heavy atom. The Morgan fingerprint density at radius 1 is 1.43 bits per heavy atom. The molecule has 3 rings (SSSR count). The zero-order chi connectivity index (χ0) is 14.8. The number of rotatable bonds is 5. The van der Waals surface area contributed by atoms with Crippen molar-refractivity contribution < 1.29 is 9.26 Å². The SMILES string of the molecule is CCOC(C)c1noc(CN2CCc3cccc(C)c32)n1. The molecule has 0 spiro atoms. The Balaban J connectivity index is 1.75. The highest BCUT2D eigenvalue weighted by atomic mass is 16.5. The summed E-state index contributed by atoms with van der Waals surface area (Å²) in [7, 11) is 0. The van der Waals surface area contributed by atoms with E-state index in [1.165, 1.54) is 16.8 Å². The number of aryl methyl sites for hydroxylation is 1. The van der Waals surface area contributed by atoms with Gasteiger partial charge in [0.15, 0.2) is 5.82 Å². The molecule has 0 fully saturated rings. The summed E-state index contributed by atoms with van der Waals surface area (Å²) in [5.74, 6) is 1.27. The van der Waals surface area contributed by atoms with Gasteiger partial charge in [-0.15, -0.1) is 0 Å². The van der Waals surface area contributed by atoms with Crippen LogP contribution in [0.5, 0.6) is 0 Å². The van der Waals surface area contributed by atoms with Crippen LogP contribution in [0.3, 0.4) is 0 Å². The quantitative estimate of drug-likeness (QED) is 0.846. The first-order valence-corrected chi connectivity index (χ1v) is 7.46. The van der Waals surface area contributed by atoms with E-state index in [1.54, 1.807) is 0 Å². The van der Waals surface area contributed by atoms with Crippen molar-refractivity contribution in [2.45, 2.75) is 39.8 Å². The average molecular weight is 287 g/mol. The topological polar surface area (TPSA) is 51.4 Å². The van der Waals surface area contributed by atoms with Gasteiger partial charge in [0.05, 0.1) is 6.54 Å². The lowest BCUT2D eigenvalue weighted by Gasteiger charge is -2.18. The third kappa shape index (κ3) is 2.78.